The number of nitrogen functional groups attached to an aromatic ring is 1. The largest absolute Gasteiger partial charge is 0.476 e. The highest BCUT2D eigenvalue weighted by molar-refractivity contribution is 5.55. The van der Waals surface area contributed by atoms with E-state index in [1.54, 1.807) is 14.2 Å². The van der Waals surface area contributed by atoms with Gasteiger partial charge in [0.15, 0.2) is 0 Å². The Morgan fingerprint density at radius 1 is 1.24 bits per heavy atom. The molecule has 21 heavy (non-hydrogen) atoms. The van der Waals surface area contributed by atoms with E-state index in [0.29, 0.717) is 24.1 Å². The van der Waals surface area contributed by atoms with Crippen molar-refractivity contribution in [2.45, 2.75) is 26.1 Å². The van der Waals surface area contributed by atoms with Gasteiger partial charge in [0.1, 0.15) is 18.0 Å². The summed E-state index contributed by atoms with van der Waals surface area (Å²) < 4.78 is 16.6. The first-order chi connectivity index (χ1) is 10.0. The smallest absolute Gasteiger partial charge is 0.239 e. The Labute approximate surface area is 126 Å². The monoisotopic (exact) mass is 295 g/mol. The molecule has 2 heterocycles. The minimum atomic E-state index is 0.0504. The fraction of sp³-hybridized carbons (Fsp3) is 0.667. The van der Waals surface area contributed by atoms with Crippen molar-refractivity contribution in [3.8, 4) is 5.88 Å². The maximum Gasteiger partial charge on any atom is 0.239 e. The topological polar surface area (TPSA) is 69.8 Å². The van der Waals surface area contributed by atoms with Crippen LogP contribution >= 0.6 is 0 Å². The van der Waals surface area contributed by atoms with Gasteiger partial charge in [0.05, 0.1) is 12.3 Å². The third kappa shape index (κ3) is 3.77. The SMILES string of the molecule is COC1CN(c2ccc(N)c(OCC(C)C)n2)CC1OC. The normalized spacial score (nSPS) is 22.0. The second-order valence-electron chi connectivity index (χ2n) is 5.72. The zero-order valence-corrected chi connectivity index (χ0v) is 13.2. The molecule has 0 aromatic carbocycles. The minimum Gasteiger partial charge on any atom is -0.476 e. The van der Waals surface area contributed by atoms with Crippen LogP contribution in [0.15, 0.2) is 12.1 Å². The van der Waals surface area contributed by atoms with Crippen LogP contribution in [0.4, 0.5) is 11.5 Å². The van der Waals surface area contributed by atoms with E-state index >= 15 is 0 Å². The molecule has 1 aromatic heterocycles. The van der Waals surface area contributed by atoms with Gasteiger partial charge in [-0.15, -0.1) is 0 Å². The molecule has 1 aliphatic heterocycles. The first-order valence-electron chi connectivity index (χ1n) is 7.25. The maximum atomic E-state index is 5.93. The first-order valence-corrected chi connectivity index (χ1v) is 7.25. The number of nitrogens with zero attached hydrogens (tertiary/aromatic N) is 2. The molecular formula is C15H25N3O3. The summed E-state index contributed by atoms with van der Waals surface area (Å²) >= 11 is 0. The second kappa shape index (κ2) is 6.95. The van der Waals surface area contributed by atoms with Crippen LogP contribution < -0.4 is 15.4 Å². The Kier molecular flexibility index (Phi) is 5.25. The minimum absolute atomic E-state index is 0.0504. The number of ether oxygens (including phenoxy) is 3. The van der Waals surface area contributed by atoms with Crippen molar-refractivity contribution in [3.05, 3.63) is 12.1 Å². The van der Waals surface area contributed by atoms with Gasteiger partial charge in [-0.1, -0.05) is 13.8 Å². The molecule has 1 aromatic rings. The van der Waals surface area contributed by atoms with E-state index in [9.17, 15) is 0 Å². The van der Waals surface area contributed by atoms with Gasteiger partial charge in [0.2, 0.25) is 5.88 Å². The molecule has 2 atom stereocenters. The average Bonchev–Trinajstić information content (AvgIpc) is 2.89. The third-order valence-corrected chi connectivity index (χ3v) is 3.57. The fourth-order valence-electron chi connectivity index (χ4n) is 2.36. The van der Waals surface area contributed by atoms with Gasteiger partial charge >= 0.3 is 0 Å². The lowest BCUT2D eigenvalue weighted by Crippen LogP contribution is -2.27. The Balaban J connectivity index is 2.12. The van der Waals surface area contributed by atoms with Crippen LogP contribution in [0.2, 0.25) is 0 Å². The Bertz CT molecular complexity index is 455. The van der Waals surface area contributed by atoms with Crippen molar-refractivity contribution in [2.24, 2.45) is 5.92 Å². The summed E-state index contributed by atoms with van der Waals surface area (Å²) in [6, 6.07) is 3.74. The third-order valence-electron chi connectivity index (χ3n) is 3.57. The summed E-state index contributed by atoms with van der Waals surface area (Å²) in [6.45, 7) is 6.27. The number of aromatic nitrogens is 1. The highest BCUT2D eigenvalue weighted by Crippen LogP contribution is 2.27. The molecule has 6 nitrogen and oxygen atoms in total. The van der Waals surface area contributed by atoms with Crippen molar-refractivity contribution in [1.29, 1.82) is 0 Å². The fourth-order valence-corrected chi connectivity index (χ4v) is 2.36. The molecule has 2 rings (SSSR count). The highest BCUT2D eigenvalue weighted by atomic mass is 16.5. The molecule has 0 saturated carbocycles. The van der Waals surface area contributed by atoms with Crippen LogP contribution in [0, 0.1) is 5.92 Å². The van der Waals surface area contributed by atoms with Crippen molar-refractivity contribution in [3.63, 3.8) is 0 Å². The van der Waals surface area contributed by atoms with Crippen LogP contribution in [-0.2, 0) is 9.47 Å². The zero-order chi connectivity index (χ0) is 15.4. The van der Waals surface area contributed by atoms with E-state index in [4.69, 9.17) is 19.9 Å². The lowest BCUT2D eigenvalue weighted by Gasteiger charge is -2.18. The maximum absolute atomic E-state index is 5.93. The number of hydrogen-bond donors (Lipinski definition) is 1. The van der Waals surface area contributed by atoms with Gasteiger partial charge in [-0.25, -0.2) is 0 Å². The predicted octanol–water partition coefficient (Wildman–Crippen LogP) is 1.55. The van der Waals surface area contributed by atoms with E-state index in [0.717, 1.165) is 18.9 Å². The average molecular weight is 295 g/mol. The molecule has 2 unspecified atom stereocenters. The molecule has 0 spiro atoms. The predicted molar refractivity (Wildman–Crippen MR) is 82.8 cm³/mol. The first kappa shape index (κ1) is 15.9. The van der Waals surface area contributed by atoms with Gasteiger partial charge < -0.3 is 24.8 Å². The van der Waals surface area contributed by atoms with E-state index in [1.807, 2.05) is 12.1 Å². The molecule has 2 N–H and O–H groups in total. The van der Waals surface area contributed by atoms with Crippen LogP contribution in [0.3, 0.4) is 0 Å². The number of hydrogen-bond acceptors (Lipinski definition) is 6. The standard InChI is InChI=1S/C15H25N3O3/c1-10(2)9-21-15-11(16)5-6-14(17-15)18-7-12(19-3)13(8-18)20-4/h5-6,10,12-13H,7-9,16H2,1-4H3. The number of anilines is 2. The number of methoxy groups -OCH3 is 2. The van der Waals surface area contributed by atoms with Crippen LogP contribution in [0.5, 0.6) is 5.88 Å². The van der Waals surface area contributed by atoms with Crippen LogP contribution in [0.1, 0.15) is 13.8 Å². The summed E-state index contributed by atoms with van der Waals surface area (Å²) in [6.07, 6.45) is 0.101. The lowest BCUT2D eigenvalue weighted by molar-refractivity contribution is -0.00461. The lowest BCUT2D eigenvalue weighted by atomic mass is 10.2. The molecule has 1 aliphatic rings. The number of nitrogens with two attached hydrogens (primary N) is 1. The molecule has 1 fully saturated rings. The highest BCUT2D eigenvalue weighted by Gasteiger charge is 2.33. The van der Waals surface area contributed by atoms with Gasteiger partial charge in [-0.05, 0) is 18.1 Å². The molecular weight excluding hydrogens is 270 g/mol. The van der Waals surface area contributed by atoms with Crippen LogP contribution in [0.25, 0.3) is 0 Å². The molecule has 0 radical (unpaired) electrons. The van der Waals surface area contributed by atoms with Gasteiger partial charge in [0.25, 0.3) is 0 Å². The van der Waals surface area contributed by atoms with Gasteiger partial charge in [-0.2, -0.15) is 4.98 Å². The molecule has 6 heteroatoms. The van der Waals surface area contributed by atoms with Gasteiger partial charge in [-0.3, -0.25) is 0 Å². The Morgan fingerprint density at radius 3 is 2.38 bits per heavy atom. The van der Waals surface area contributed by atoms with Crippen LogP contribution in [-0.4, -0.2) is 51.1 Å². The Hall–Kier alpha value is -1.53. The van der Waals surface area contributed by atoms with Crippen molar-refractivity contribution >= 4 is 11.5 Å². The quantitative estimate of drug-likeness (QED) is 0.858. The second-order valence-corrected chi connectivity index (χ2v) is 5.72. The summed E-state index contributed by atoms with van der Waals surface area (Å²) in [5, 5.41) is 0. The van der Waals surface area contributed by atoms with E-state index in [2.05, 4.69) is 23.7 Å². The molecule has 0 amide bonds. The molecule has 0 aliphatic carbocycles. The van der Waals surface area contributed by atoms with Crippen molar-refractivity contribution < 1.29 is 14.2 Å². The summed E-state index contributed by atoms with van der Waals surface area (Å²) in [5.41, 5.74) is 6.49. The molecule has 0 bridgehead atoms. The number of rotatable bonds is 6. The summed E-state index contributed by atoms with van der Waals surface area (Å²) in [4.78, 5) is 6.66. The van der Waals surface area contributed by atoms with Gasteiger partial charge in [0, 0.05) is 27.3 Å². The number of pyridine rings is 1. The summed E-state index contributed by atoms with van der Waals surface area (Å²) in [5.74, 6) is 1.76. The molecule has 118 valence electrons. The summed E-state index contributed by atoms with van der Waals surface area (Å²) in [7, 11) is 3.40. The van der Waals surface area contributed by atoms with Crippen molar-refractivity contribution in [1.82, 2.24) is 4.98 Å². The zero-order valence-electron chi connectivity index (χ0n) is 13.2. The van der Waals surface area contributed by atoms with E-state index in [-0.39, 0.29) is 12.2 Å². The van der Waals surface area contributed by atoms with Crippen molar-refractivity contribution in [2.75, 3.05) is 44.5 Å². The van der Waals surface area contributed by atoms with E-state index in [1.165, 1.54) is 0 Å². The molecule has 1 saturated heterocycles. The Morgan fingerprint density at radius 2 is 1.86 bits per heavy atom. The van der Waals surface area contributed by atoms with E-state index < -0.39 is 0 Å².